The number of benzene rings is 2. The molecule has 0 aliphatic heterocycles. The molecule has 0 spiro atoms. The van der Waals surface area contributed by atoms with Crippen molar-refractivity contribution >= 4 is 57.0 Å². The van der Waals surface area contributed by atoms with Crippen molar-refractivity contribution in [3.05, 3.63) is 56.1 Å². The summed E-state index contributed by atoms with van der Waals surface area (Å²) in [5.74, 6) is 0.348. The van der Waals surface area contributed by atoms with Crippen molar-refractivity contribution < 1.29 is 9.66 Å². The molecule has 2 rings (SSSR count). The molecule has 0 saturated heterocycles. The molecule has 0 unspecified atom stereocenters. The number of non-ortho nitro benzene ring substituents is 1. The summed E-state index contributed by atoms with van der Waals surface area (Å²) in [4.78, 5) is 10.3. The van der Waals surface area contributed by atoms with Gasteiger partial charge in [-0.15, -0.1) is 0 Å². The Labute approximate surface area is 146 Å². The van der Waals surface area contributed by atoms with Crippen LogP contribution in [0.2, 0.25) is 0 Å². The number of para-hydroxylation sites is 1. The van der Waals surface area contributed by atoms with Crippen LogP contribution >= 0.6 is 34.8 Å². The Morgan fingerprint density at radius 3 is 2.55 bits per heavy atom. The lowest BCUT2D eigenvalue weighted by molar-refractivity contribution is -0.384. The van der Waals surface area contributed by atoms with Crippen LogP contribution < -0.4 is 15.4 Å². The summed E-state index contributed by atoms with van der Waals surface area (Å²) in [7, 11) is 1.45. The minimum Gasteiger partial charge on any atom is -0.494 e. The molecule has 8 heteroatoms. The van der Waals surface area contributed by atoms with Gasteiger partial charge in [-0.2, -0.15) is 0 Å². The second kappa shape index (κ2) is 7.36. The zero-order valence-electron chi connectivity index (χ0n) is 11.5. The molecule has 0 aliphatic carbocycles. The smallest absolute Gasteiger partial charge is 0.273 e. The molecule has 22 heavy (non-hydrogen) atoms. The predicted octanol–water partition coefficient (Wildman–Crippen LogP) is 4.02. The number of nitrogens with zero attached hydrogens (tertiary/aromatic N) is 1. The van der Waals surface area contributed by atoms with Gasteiger partial charge in [0.25, 0.3) is 5.69 Å². The van der Waals surface area contributed by atoms with Crippen molar-refractivity contribution in [3.8, 4) is 5.75 Å². The Morgan fingerprint density at radius 1 is 1.23 bits per heavy atom. The van der Waals surface area contributed by atoms with Crippen molar-refractivity contribution in [2.24, 2.45) is 0 Å². The molecule has 0 fully saturated rings. The number of thiocarbonyl (C=S) groups is 1. The summed E-state index contributed by atoms with van der Waals surface area (Å²) >= 11 is 7.46. The first-order chi connectivity index (χ1) is 10.5. The average Bonchev–Trinajstić information content (AvgIpc) is 2.49. The van der Waals surface area contributed by atoms with Gasteiger partial charge in [0.05, 0.1) is 29.5 Å². The van der Waals surface area contributed by atoms with Gasteiger partial charge in [-0.3, -0.25) is 10.1 Å². The van der Waals surface area contributed by atoms with E-state index in [1.165, 1.54) is 19.2 Å². The van der Waals surface area contributed by atoms with Crippen molar-refractivity contribution in [1.29, 1.82) is 0 Å². The molecule has 0 atom stereocenters. The van der Waals surface area contributed by atoms with Gasteiger partial charge in [-0.1, -0.05) is 12.1 Å². The van der Waals surface area contributed by atoms with E-state index in [0.717, 1.165) is 9.26 Å². The van der Waals surface area contributed by atoms with Gasteiger partial charge in [0.1, 0.15) is 5.75 Å². The van der Waals surface area contributed by atoms with Crippen molar-refractivity contribution in [3.63, 3.8) is 0 Å². The maximum absolute atomic E-state index is 10.8. The molecular formula is C14H12IN3O3S. The Balaban J connectivity index is 2.15. The van der Waals surface area contributed by atoms with Gasteiger partial charge in [0, 0.05) is 9.64 Å². The molecule has 0 heterocycles. The molecule has 6 nitrogen and oxygen atoms in total. The van der Waals surface area contributed by atoms with Gasteiger partial charge in [0.2, 0.25) is 0 Å². The van der Waals surface area contributed by atoms with Crippen molar-refractivity contribution in [1.82, 2.24) is 0 Å². The largest absolute Gasteiger partial charge is 0.494 e. The molecule has 2 aromatic carbocycles. The molecule has 0 saturated carbocycles. The number of rotatable bonds is 4. The van der Waals surface area contributed by atoms with E-state index in [9.17, 15) is 10.1 Å². The highest BCUT2D eigenvalue weighted by atomic mass is 127. The lowest BCUT2D eigenvalue weighted by atomic mass is 10.2. The topological polar surface area (TPSA) is 76.4 Å². The molecule has 0 aromatic heterocycles. The van der Waals surface area contributed by atoms with Crippen molar-refractivity contribution in [2.45, 2.75) is 0 Å². The minimum atomic E-state index is -0.477. The molecule has 0 aliphatic rings. The highest BCUT2D eigenvalue weighted by molar-refractivity contribution is 14.1. The van der Waals surface area contributed by atoms with E-state index < -0.39 is 4.92 Å². The third-order valence-corrected chi connectivity index (χ3v) is 3.91. The summed E-state index contributed by atoms with van der Waals surface area (Å²) in [5, 5.41) is 17.2. The van der Waals surface area contributed by atoms with Crippen LogP contribution in [-0.2, 0) is 0 Å². The number of nitro benzene ring substituents is 1. The highest BCUT2D eigenvalue weighted by Crippen LogP contribution is 2.29. The number of methoxy groups -OCH3 is 1. The second-order valence-corrected chi connectivity index (χ2v) is 5.77. The SMILES string of the molecule is COc1cc([N+](=O)[O-])ccc1NC(=S)Nc1ccccc1I. The molecule has 0 bridgehead atoms. The van der Waals surface area contributed by atoms with E-state index in [-0.39, 0.29) is 5.69 Å². The average molecular weight is 429 g/mol. The number of nitrogens with one attached hydrogen (secondary N) is 2. The number of halogens is 1. The number of hydrogen-bond donors (Lipinski definition) is 2. The molecule has 0 amide bonds. The van der Waals surface area contributed by atoms with E-state index in [1.807, 2.05) is 24.3 Å². The number of anilines is 2. The van der Waals surface area contributed by atoms with Crippen LogP contribution in [0.5, 0.6) is 5.75 Å². The zero-order chi connectivity index (χ0) is 16.1. The quantitative estimate of drug-likeness (QED) is 0.331. The Kier molecular flexibility index (Phi) is 5.50. The van der Waals surface area contributed by atoms with Crippen LogP contribution in [0.4, 0.5) is 17.1 Å². The van der Waals surface area contributed by atoms with E-state index in [0.29, 0.717) is 16.5 Å². The fraction of sp³-hybridized carbons (Fsp3) is 0.0714. The molecular weight excluding hydrogens is 417 g/mol. The minimum absolute atomic E-state index is 0.0427. The van der Waals surface area contributed by atoms with Gasteiger partial charge >= 0.3 is 0 Å². The predicted molar refractivity (Wildman–Crippen MR) is 98.7 cm³/mol. The maximum atomic E-state index is 10.8. The third kappa shape index (κ3) is 4.04. The zero-order valence-corrected chi connectivity index (χ0v) is 14.5. The monoisotopic (exact) mass is 429 g/mol. The Bertz CT molecular complexity index is 724. The van der Waals surface area contributed by atoms with Crippen LogP contribution in [0.1, 0.15) is 0 Å². The maximum Gasteiger partial charge on any atom is 0.273 e. The summed E-state index contributed by atoms with van der Waals surface area (Å²) in [6.07, 6.45) is 0. The first-order valence-electron chi connectivity index (χ1n) is 6.16. The fourth-order valence-corrected chi connectivity index (χ4v) is 2.48. The lowest BCUT2D eigenvalue weighted by Gasteiger charge is -2.14. The molecule has 2 aromatic rings. The van der Waals surface area contributed by atoms with Crippen LogP contribution in [0.25, 0.3) is 0 Å². The lowest BCUT2D eigenvalue weighted by Crippen LogP contribution is -2.20. The Hall–Kier alpha value is -1.94. The van der Waals surface area contributed by atoms with Crippen LogP contribution in [0.15, 0.2) is 42.5 Å². The number of hydrogen-bond acceptors (Lipinski definition) is 4. The number of nitro groups is 1. The summed E-state index contributed by atoms with van der Waals surface area (Å²) in [6, 6.07) is 12.0. The van der Waals surface area contributed by atoms with Gasteiger partial charge in [0.15, 0.2) is 5.11 Å². The van der Waals surface area contributed by atoms with Gasteiger partial charge in [-0.05, 0) is 53.0 Å². The van der Waals surface area contributed by atoms with E-state index in [2.05, 4.69) is 33.2 Å². The first kappa shape index (κ1) is 16.4. The van der Waals surface area contributed by atoms with Gasteiger partial charge < -0.3 is 15.4 Å². The summed E-state index contributed by atoms with van der Waals surface area (Å²) < 4.78 is 6.18. The third-order valence-electron chi connectivity index (χ3n) is 2.77. The van der Waals surface area contributed by atoms with E-state index in [1.54, 1.807) is 6.07 Å². The standard InChI is InChI=1S/C14H12IN3O3S/c1-21-13-8-9(18(19)20)6-7-12(13)17-14(22)16-11-5-3-2-4-10(11)15/h2-8H,1H3,(H2,16,17,22). The normalized spacial score (nSPS) is 9.91. The number of ether oxygens (including phenoxy) is 1. The first-order valence-corrected chi connectivity index (χ1v) is 7.65. The van der Waals surface area contributed by atoms with Crippen LogP contribution in [0.3, 0.4) is 0 Å². The van der Waals surface area contributed by atoms with Crippen LogP contribution in [0, 0.1) is 13.7 Å². The summed E-state index contributed by atoms with van der Waals surface area (Å²) in [5.41, 5.74) is 1.39. The second-order valence-electron chi connectivity index (χ2n) is 4.20. The molecule has 114 valence electrons. The fourth-order valence-electron chi connectivity index (χ4n) is 1.74. The summed E-state index contributed by atoms with van der Waals surface area (Å²) in [6.45, 7) is 0. The Morgan fingerprint density at radius 2 is 1.91 bits per heavy atom. The van der Waals surface area contributed by atoms with E-state index in [4.69, 9.17) is 17.0 Å². The van der Waals surface area contributed by atoms with Crippen molar-refractivity contribution in [2.75, 3.05) is 17.7 Å². The molecule has 2 N–H and O–H groups in total. The van der Waals surface area contributed by atoms with Crippen LogP contribution in [-0.4, -0.2) is 17.1 Å². The van der Waals surface area contributed by atoms with E-state index >= 15 is 0 Å². The van der Waals surface area contributed by atoms with Gasteiger partial charge in [-0.25, -0.2) is 0 Å². The highest BCUT2D eigenvalue weighted by Gasteiger charge is 2.12. The molecule has 0 radical (unpaired) electrons.